The van der Waals surface area contributed by atoms with Gasteiger partial charge < -0.3 is 0 Å². The van der Waals surface area contributed by atoms with Gasteiger partial charge in [0, 0.05) is 15.6 Å². The lowest BCUT2D eigenvalue weighted by Crippen LogP contribution is -1.97. The summed E-state index contributed by atoms with van der Waals surface area (Å²) in [6.07, 6.45) is 1.57. The van der Waals surface area contributed by atoms with E-state index in [1.807, 2.05) is 31.2 Å². The van der Waals surface area contributed by atoms with E-state index in [-0.39, 0.29) is 5.78 Å². The van der Waals surface area contributed by atoms with Crippen molar-refractivity contribution < 1.29 is 4.79 Å². The third kappa shape index (κ3) is 2.59. The molecule has 0 aliphatic rings. The molecule has 0 unspecified atom stereocenters. The molecule has 0 radical (unpaired) electrons. The van der Waals surface area contributed by atoms with Crippen molar-refractivity contribution in [3.63, 3.8) is 0 Å². The van der Waals surface area contributed by atoms with E-state index >= 15 is 0 Å². The van der Waals surface area contributed by atoms with Gasteiger partial charge in [-0.15, -0.1) is 0 Å². The van der Waals surface area contributed by atoms with Gasteiger partial charge in [-0.25, -0.2) is 0 Å². The van der Waals surface area contributed by atoms with Crippen molar-refractivity contribution in [3.8, 4) is 0 Å². The number of rotatable bonds is 3. The first kappa shape index (κ1) is 9.71. The van der Waals surface area contributed by atoms with Crippen LogP contribution in [0.2, 0.25) is 0 Å². The van der Waals surface area contributed by atoms with Crippen molar-refractivity contribution in [2.75, 3.05) is 0 Å². The molecule has 0 bridgehead atoms. The van der Waals surface area contributed by atoms with Gasteiger partial charge in [-0.1, -0.05) is 19.1 Å². The highest BCUT2D eigenvalue weighted by Gasteiger charge is 2.03. The van der Waals surface area contributed by atoms with Crippen LogP contribution in [0.25, 0.3) is 0 Å². The van der Waals surface area contributed by atoms with Crippen molar-refractivity contribution in [2.45, 2.75) is 19.8 Å². The van der Waals surface area contributed by atoms with Crippen molar-refractivity contribution in [3.05, 3.63) is 33.4 Å². The molecule has 0 saturated heterocycles. The molecule has 0 aromatic heterocycles. The summed E-state index contributed by atoms with van der Waals surface area (Å²) >= 11 is 2.21. The zero-order chi connectivity index (χ0) is 8.97. The molecular weight excluding hydrogens is 263 g/mol. The lowest BCUT2D eigenvalue weighted by atomic mass is 10.1. The summed E-state index contributed by atoms with van der Waals surface area (Å²) in [5.41, 5.74) is 0.837. The van der Waals surface area contributed by atoms with E-state index < -0.39 is 0 Å². The number of hydrogen-bond acceptors (Lipinski definition) is 1. The summed E-state index contributed by atoms with van der Waals surface area (Å²) in [5, 5.41) is 0. The van der Waals surface area contributed by atoms with Crippen LogP contribution in [0.3, 0.4) is 0 Å². The maximum absolute atomic E-state index is 11.4. The SMILES string of the molecule is CCCC(=O)c1cccc(I)c1. The number of carbonyl (C=O) groups excluding carboxylic acids is 1. The number of Topliss-reactive ketones (excluding diaryl/α,β-unsaturated/α-hetero) is 1. The first-order valence-corrected chi connectivity index (χ1v) is 5.10. The molecule has 0 saturated carbocycles. The Kier molecular flexibility index (Phi) is 3.72. The van der Waals surface area contributed by atoms with Crippen molar-refractivity contribution >= 4 is 28.4 Å². The number of halogens is 1. The van der Waals surface area contributed by atoms with E-state index in [1.54, 1.807) is 0 Å². The van der Waals surface area contributed by atoms with Crippen LogP contribution in [-0.4, -0.2) is 5.78 Å². The van der Waals surface area contributed by atoms with Gasteiger partial charge in [-0.05, 0) is 41.1 Å². The molecule has 1 aromatic rings. The molecule has 0 heterocycles. The lowest BCUT2D eigenvalue weighted by Gasteiger charge is -1.98. The Bertz CT molecular complexity index is 281. The molecule has 0 fully saturated rings. The standard InChI is InChI=1S/C10H11IO/c1-2-4-10(12)8-5-3-6-9(11)7-8/h3,5-7H,2,4H2,1H3. The normalized spacial score (nSPS) is 9.83. The second kappa shape index (κ2) is 4.60. The van der Waals surface area contributed by atoms with E-state index in [1.165, 1.54) is 0 Å². The molecular formula is C10H11IO. The predicted molar refractivity (Wildman–Crippen MR) is 58.4 cm³/mol. The third-order valence-corrected chi connectivity index (χ3v) is 2.29. The minimum absolute atomic E-state index is 0.246. The molecule has 1 nitrogen and oxygen atoms in total. The molecule has 2 heteroatoms. The Morgan fingerprint density at radius 2 is 2.25 bits per heavy atom. The summed E-state index contributed by atoms with van der Waals surface area (Å²) in [4.78, 5) is 11.4. The number of ketones is 1. The van der Waals surface area contributed by atoms with Crippen LogP contribution in [0.4, 0.5) is 0 Å². The van der Waals surface area contributed by atoms with Gasteiger partial charge in [0.05, 0.1) is 0 Å². The van der Waals surface area contributed by atoms with Gasteiger partial charge in [0.1, 0.15) is 0 Å². The fraction of sp³-hybridized carbons (Fsp3) is 0.300. The monoisotopic (exact) mass is 274 g/mol. The van der Waals surface area contributed by atoms with E-state index in [9.17, 15) is 4.79 Å². The molecule has 64 valence electrons. The minimum atomic E-state index is 0.246. The van der Waals surface area contributed by atoms with E-state index in [0.717, 1.165) is 15.6 Å². The van der Waals surface area contributed by atoms with Crippen LogP contribution in [-0.2, 0) is 0 Å². The zero-order valence-corrected chi connectivity index (χ0v) is 9.17. The van der Waals surface area contributed by atoms with Crippen molar-refractivity contribution in [2.24, 2.45) is 0 Å². The van der Waals surface area contributed by atoms with Crippen LogP contribution in [0.1, 0.15) is 30.1 Å². The predicted octanol–water partition coefficient (Wildman–Crippen LogP) is 3.27. The molecule has 1 rings (SSSR count). The molecule has 0 spiro atoms. The molecule has 0 atom stereocenters. The van der Waals surface area contributed by atoms with Crippen LogP contribution < -0.4 is 0 Å². The van der Waals surface area contributed by atoms with Gasteiger partial charge in [-0.3, -0.25) is 4.79 Å². The Morgan fingerprint density at radius 1 is 1.50 bits per heavy atom. The zero-order valence-electron chi connectivity index (χ0n) is 7.01. The van der Waals surface area contributed by atoms with Crippen molar-refractivity contribution in [1.29, 1.82) is 0 Å². The molecule has 0 amide bonds. The Balaban J connectivity index is 2.81. The first-order chi connectivity index (χ1) is 5.74. The summed E-state index contributed by atoms with van der Waals surface area (Å²) in [6.45, 7) is 2.02. The smallest absolute Gasteiger partial charge is 0.162 e. The van der Waals surface area contributed by atoms with Crippen LogP contribution >= 0.6 is 22.6 Å². The highest BCUT2D eigenvalue weighted by Crippen LogP contribution is 2.10. The summed E-state index contributed by atoms with van der Waals surface area (Å²) in [7, 11) is 0. The molecule has 1 aromatic carbocycles. The highest BCUT2D eigenvalue weighted by atomic mass is 127. The second-order valence-electron chi connectivity index (χ2n) is 2.68. The van der Waals surface area contributed by atoms with Crippen molar-refractivity contribution in [1.82, 2.24) is 0 Å². The quantitative estimate of drug-likeness (QED) is 0.610. The summed E-state index contributed by atoms with van der Waals surface area (Å²) in [6, 6.07) is 7.71. The van der Waals surface area contributed by atoms with Crippen LogP contribution in [0, 0.1) is 3.57 Å². The number of benzene rings is 1. The van der Waals surface area contributed by atoms with E-state index in [2.05, 4.69) is 22.6 Å². The maximum Gasteiger partial charge on any atom is 0.162 e. The average molecular weight is 274 g/mol. The number of hydrogen-bond donors (Lipinski definition) is 0. The molecule has 0 aliphatic heterocycles. The fourth-order valence-electron chi connectivity index (χ4n) is 1.03. The van der Waals surface area contributed by atoms with Gasteiger partial charge in [0.2, 0.25) is 0 Å². The number of carbonyl (C=O) groups is 1. The Labute approximate surface area is 86.3 Å². The van der Waals surface area contributed by atoms with E-state index in [0.29, 0.717) is 6.42 Å². The second-order valence-corrected chi connectivity index (χ2v) is 3.93. The van der Waals surface area contributed by atoms with Crippen LogP contribution in [0.15, 0.2) is 24.3 Å². The van der Waals surface area contributed by atoms with Gasteiger partial charge in [0.15, 0.2) is 5.78 Å². The van der Waals surface area contributed by atoms with E-state index in [4.69, 9.17) is 0 Å². The summed E-state index contributed by atoms with van der Waals surface area (Å²) in [5.74, 6) is 0.246. The third-order valence-electron chi connectivity index (χ3n) is 1.62. The average Bonchev–Trinajstić information content (AvgIpc) is 2.05. The van der Waals surface area contributed by atoms with Gasteiger partial charge >= 0.3 is 0 Å². The fourth-order valence-corrected chi connectivity index (χ4v) is 1.58. The minimum Gasteiger partial charge on any atom is -0.294 e. The maximum atomic E-state index is 11.4. The Morgan fingerprint density at radius 3 is 2.83 bits per heavy atom. The highest BCUT2D eigenvalue weighted by molar-refractivity contribution is 14.1. The largest absolute Gasteiger partial charge is 0.294 e. The topological polar surface area (TPSA) is 17.1 Å². The first-order valence-electron chi connectivity index (χ1n) is 4.03. The van der Waals surface area contributed by atoms with Gasteiger partial charge in [0.25, 0.3) is 0 Å². The molecule has 0 aliphatic carbocycles. The Hall–Kier alpha value is -0.380. The lowest BCUT2D eigenvalue weighted by molar-refractivity contribution is 0.0981. The van der Waals surface area contributed by atoms with Crippen LogP contribution in [0.5, 0.6) is 0 Å². The van der Waals surface area contributed by atoms with Gasteiger partial charge in [-0.2, -0.15) is 0 Å². The molecule has 0 N–H and O–H groups in total. The summed E-state index contributed by atoms with van der Waals surface area (Å²) < 4.78 is 1.12. The molecule has 12 heavy (non-hydrogen) atoms.